The highest BCUT2D eigenvalue weighted by molar-refractivity contribution is 7.38. The van der Waals surface area contributed by atoms with Gasteiger partial charge in [-0.25, -0.2) is 0 Å². The zero-order valence-electron chi connectivity index (χ0n) is 9.06. The Hall–Kier alpha value is -1.40. The maximum absolute atomic E-state index is 5.67. The zero-order chi connectivity index (χ0) is 11.5. The van der Waals surface area contributed by atoms with Crippen molar-refractivity contribution in [2.45, 2.75) is 0 Å². The summed E-state index contributed by atoms with van der Waals surface area (Å²) in [6.07, 6.45) is 9.00. The predicted molar refractivity (Wildman–Crippen MR) is 73.0 cm³/mol. The van der Waals surface area contributed by atoms with Crippen LogP contribution in [0, 0.1) is 0 Å². The molecule has 80 valence electrons. The summed E-state index contributed by atoms with van der Waals surface area (Å²) in [5, 5.41) is 0. The Balaban J connectivity index is 4.31. The first-order chi connectivity index (χ1) is 7.24. The van der Waals surface area contributed by atoms with Gasteiger partial charge in [-0.1, -0.05) is 37.5 Å². The molecule has 15 heavy (non-hydrogen) atoms. The minimum Gasteiger partial charge on any atom is -0.384 e. The largest absolute Gasteiger partial charge is 0.384 e. The average molecular weight is 220 g/mol. The topological polar surface area (TPSA) is 38.4 Å². The molecule has 0 heterocycles. The Bertz CT molecular complexity index is 323. The van der Waals surface area contributed by atoms with Gasteiger partial charge in [-0.2, -0.15) is 0 Å². The Morgan fingerprint density at radius 2 is 2.20 bits per heavy atom. The summed E-state index contributed by atoms with van der Waals surface area (Å²) in [6.45, 7) is 9.87. The number of allylic oxidation sites excluding steroid dienone is 3. The second-order valence-corrected chi connectivity index (χ2v) is 3.50. The average Bonchev–Trinajstić information content (AvgIpc) is 2.24. The SMILES string of the molecule is C=C/C=C(\C=C)CN=C(N)/C=C\C=PC. The predicted octanol–water partition coefficient (Wildman–Crippen LogP) is 2.58. The van der Waals surface area contributed by atoms with Crippen LogP contribution < -0.4 is 5.73 Å². The van der Waals surface area contributed by atoms with Gasteiger partial charge in [-0.3, -0.25) is 4.99 Å². The number of amidine groups is 1. The van der Waals surface area contributed by atoms with Crippen LogP contribution in [0.2, 0.25) is 0 Å². The Labute approximate surface area is 93.4 Å². The van der Waals surface area contributed by atoms with Crippen LogP contribution in [0.3, 0.4) is 0 Å². The fraction of sp³-hybridized carbons (Fsp3) is 0.167. The normalized spacial score (nSPS) is 13.7. The standard InChI is InChI=1S/C12H17N2P/c1-4-7-11(5-2)10-14-12(13)8-6-9-15-3/h4-9H,1-2,10H2,3H3,(H2,13,14)/b8-6-,11-7+. The summed E-state index contributed by atoms with van der Waals surface area (Å²) < 4.78 is 0. The van der Waals surface area contributed by atoms with Gasteiger partial charge in [0.05, 0.1) is 6.54 Å². The third-order valence-corrected chi connectivity index (χ3v) is 2.01. The van der Waals surface area contributed by atoms with E-state index in [-0.39, 0.29) is 0 Å². The molecule has 0 spiro atoms. The van der Waals surface area contributed by atoms with Crippen LogP contribution in [0.1, 0.15) is 0 Å². The van der Waals surface area contributed by atoms with Crippen molar-refractivity contribution in [1.82, 2.24) is 0 Å². The van der Waals surface area contributed by atoms with Crippen molar-refractivity contribution in [1.29, 1.82) is 0 Å². The van der Waals surface area contributed by atoms with Crippen LogP contribution in [0.4, 0.5) is 0 Å². The highest BCUT2D eigenvalue weighted by Crippen LogP contribution is 1.96. The maximum atomic E-state index is 5.67. The van der Waals surface area contributed by atoms with Crippen molar-refractivity contribution < 1.29 is 0 Å². The molecule has 0 aliphatic rings. The Morgan fingerprint density at radius 3 is 2.73 bits per heavy atom. The number of rotatable bonds is 6. The number of hydrogen-bond donors (Lipinski definition) is 1. The molecule has 0 aromatic carbocycles. The summed E-state index contributed by atoms with van der Waals surface area (Å²) in [7, 11) is 1.20. The molecular formula is C12H17N2P. The van der Waals surface area contributed by atoms with Gasteiger partial charge in [0.25, 0.3) is 0 Å². The molecule has 0 unspecified atom stereocenters. The van der Waals surface area contributed by atoms with Crippen molar-refractivity contribution in [2.24, 2.45) is 10.7 Å². The molecule has 0 aliphatic heterocycles. The molecule has 0 saturated heterocycles. The summed E-state index contributed by atoms with van der Waals surface area (Å²) in [5.41, 5.74) is 6.67. The third kappa shape index (κ3) is 7.65. The van der Waals surface area contributed by atoms with E-state index in [1.165, 1.54) is 8.20 Å². The molecular weight excluding hydrogens is 203 g/mol. The molecule has 0 bridgehead atoms. The van der Waals surface area contributed by atoms with E-state index in [1.54, 1.807) is 18.2 Å². The minimum absolute atomic E-state index is 0.520. The third-order valence-electron chi connectivity index (χ3n) is 1.54. The van der Waals surface area contributed by atoms with E-state index < -0.39 is 0 Å². The fourth-order valence-electron chi connectivity index (χ4n) is 0.800. The van der Waals surface area contributed by atoms with Gasteiger partial charge in [0.15, 0.2) is 0 Å². The number of nitrogens with zero attached hydrogens (tertiary/aromatic N) is 1. The van der Waals surface area contributed by atoms with E-state index >= 15 is 0 Å². The lowest BCUT2D eigenvalue weighted by molar-refractivity contribution is 1.18. The Morgan fingerprint density at radius 1 is 1.47 bits per heavy atom. The van der Waals surface area contributed by atoms with Gasteiger partial charge in [-0.15, -0.1) is 8.20 Å². The van der Waals surface area contributed by atoms with E-state index in [1.807, 2.05) is 24.6 Å². The van der Waals surface area contributed by atoms with Crippen molar-refractivity contribution in [3.8, 4) is 0 Å². The number of aliphatic imine (C=N–C) groups is 1. The lowest BCUT2D eigenvalue weighted by Crippen LogP contribution is -2.08. The van der Waals surface area contributed by atoms with E-state index in [2.05, 4.69) is 18.2 Å². The summed E-state index contributed by atoms with van der Waals surface area (Å²) >= 11 is 0. The lowest BCUT2D eigenvalue weighted by atomic mass is 10.2. The van der Waals surface area contributed by atoms with Crippen LogP contribution >= 0.6 is 8.20 Å². The van der Waals surface area contributed by atoms with Crippen molar-refractivity contribution >= 4 is 19.8 Å². The molecule has 0 amide bonds. The van der Waals surface area contributed by atoms with Crippen molar-refractivity contribution in [2.75, 3.05) is 13.2 Å². The van der Waals surface area contributed by atoms with Gasteiger partial charge < -0.3 is 5.73 Å². The molecule has 0 rings (SSSR count). The maximum Gasteiger partial charge on any atom is 0.118 e. The summed E-state index contributed by atoms with van der Waals surface area (Å²) in [6, 6.07) is 0. The quantitative estimate of drug-likeness (QED) is 0.318. The molecule has 0 aromatic rings. The molecule has 0 atom stereocenters. The Kier molecular flexibility index (Phi) is 8.31. The van der Waals surface area contributed by atoms with Crippen LogP contribution in [-0.2, 0) is 0 Å². The molecule has 2 N–H and O–H groups in total. The molecule has 0 aliphatic carbocycles. The van der Waals surface area contributed by atoms with Crippen LogP contribution in [0.15, 0.2) is 54.1 Å². The summed E-state index contributed by atoms with van der Waals surface area (Å²) in [5.74, 6) is 2.52. The zero-order valence-corrected chi connectivity index (χ0v) is 9.95. The first-order valence-corrected chi connectivity index (χ1v) is 5.98. The fourth-order valence-corrected chi connectivity index (χ4v) is 1.06. The van der Waals surface area contributed by atoms with Crippen molar-refractivity contribution in [3.05, 3.63) is 49.1 Å². The number of hydrogen-bond acceptors (Lipinski definition) is 1. The second kappa shape index (κ2) is 9.17. The van der Waals surface area contributed by atoms with E-state index in [4.69, 9.17) is 5.73 Å². The molecule has 0 saturated carbocycles. The van der Waals surface area contributed by atoms with Gasteiger partial charge in [0.2, 0.25) is 0 Å². The molecule has 0 aromatic heterocycles. The molecule has 0 radical (unpaired) electrons. The second-order valence-electron chi connectivity index (χ2n) is 2.69. The van der Waals surface area contributed by atoms with Gasteiger partial charge >= 0.3 is 0 Å². The van der Waals surface area contributed by atoms with Crippen LogP contribution in [0.5, 0.6) is 0 Å². The van der Waals surface area contributed by atoms with Gasteiger partial charge in [0.1, 0.15) is 5.84 Å². The highest BCUT2D eigenvalue weighted by atomic mass is 31.1. The van der Waals surface area contributed by atoms with E-state index in [0.717, 1.165) is 5.57 Å². The van der Waals surface area contributed by atoms with Crippen LogP contribution in [-0.4, -0.2) is 24.8 Å². The first-order valence-electron chi connectivity index (χ1n) is 4.57. The monoisotopic (exact) mass is 220 g/mol. The van der Waals surface area contributed by atoms with Gasteiger partial charge in [0, 0.05) is 0 Å². The summed E-state index contributed by atoms with van der Waals surface area (Å²) in [4.78, 5) is 4.18. The van der Waals surface area contributed by atoms with Gasteiger partial charge in [-0.05, 0) is 24.1 Å². The molecule has 0 fully saturated rings. The highest BCUT2D eigenvalue weighted by Gasteiger charge is 1.88. The van der Waals surface area contributed by atoms with E-state index in [0.29, 0.717) is 12.4 Å². The van der Waals surface area contributed by atoms with E-state index in [9.17, 15) is 0 Å². The molecule has 3 heteroatoms. The first kappa shape index (κ1) is 13.6. The van der Waals surface area contributed by atoms with Crippen molar-refractivity contribution in [3.63, 3.8) is 0 Å². The lowest BCUT2D eigenvalue weighted by Gasteiger charge is -1.96. The molecule has 2 nitrogen and oxygen atoms in total. The number of nitrogens with two attached hydrogens (primary N) is 1. The minimum atomic E-state index is 0.520. The smallest absolute Gasteiger partial charge is 0.118 e. The van der Waals surface area contributed by atoms with Crippen LogP contribution in [0.25, 0.3) is 0 Å².